The third-order valence-corrected chi connectivity index (χ3v) is 5.08. The lowest BCUT2D eigenvalue weighted by Crippen LogP contribution is -2.40. The molecule has 1 aromatic heterocycles. The average molecular weight is 347 g/mol. The molecule has 2 aromatic rings. The first-order chi connectivity index (χ1) is 11.5. The van der Waals surface area contributed by atoms with Gasteiger partial charge in [-0.05, 0) is 50.3 Å². The molecule has 5 nitrogen and oxygen atoms in total. The van der Waals surface area contributed by atoms with Crippen LogP contribution in [0.1, 0.15) is 35.7 Å². The predicted molar refractivity (Wildman–Crippen MR) is 96.7 cm³/mol. The van der Waals surface area contributed by atoms with Crippen molar-refractivity contribution < 1.29 is 4.79 Å². The van der Waals surface area contributed by atoms with Crippen LogP contribution in [0.3, 0.4) is 0 Å². The van der Waals surface area contributed by atoms with Gasteiger partial charge in [0, 0.05) is 25.2 Å². The topological polar surface area (TPSA) is 50.2 Å². The number of nitrogens with one attached hydrogen (secondary N) is 1. The molecule has 1 fully saturated rings. The lowest BCUT2D eigenvalue weighted by atomic mass is 9.89. The molecule has 24 heavy (non-hydrogen) atoms. The summed E-state index contributed by atoms with van der Waals surface area (Å²) in [5, 5.41) is 8.13. The second-order valence-corrected chi connectivity index (χ2v) is 6.85. The molecule has 0 saturated carbocycles. The second-order valence-electron chi connectivity index (χ2n) is 6.42. The Morgan fingerprint density at radius 2 is 2.00 bits per heavy atom. The molecular weight excluding hydrogens is 324 g/mol. The van der Waals surface area contributed by atoms with Crippen molar-refractivity contribution in [1.82, 2.24) is 14.7 Å². The third-order valence-electron chi connectivity index (χ3n) is 4.84. The molecule has 0 atom stereocenters. The van der Waals surface area contributed by atoms with Crippen molar-refractivity contribution in [3.05, 3.63) is 46.2 Å². The average Bonchev–Trinajstić information content (AvgIpc) is 2.81. The molecule has 1 N–H and O–H groups in total. The Labute approximate surface area is 147 Å². The van der Waals surface area contributed by atoms with Crippen LogP contribution in [0.2, 0.25) is 5.02 Å². The third kappa shape index (κ3) is 3.41. The lowest BCUT2D eigenvalue weighted by Gasteiger charge is -2.32. The number of anilines is 1. The van der Waals surface area contributed by atoms with Gasteiger partial charge in [-0.3, -0.25) is 4.68 Å². The van der Waals surface area contributed by atoms with Crippen molar-refractivity contribution in [3.8, 4) is 0 Å². The van der Waals surface area contributed by atoms with E-state index in [4.69, 9.17) is 11.6 Å². The molecule has 0 radical (unpaired) electrons. The number of carbonyl (C=O) groups excluding carboxylic acids is 1. The van der Waals surface area contributed by atoms with Crippen LogP contribution in [-0.4, -0.2) is 33.8 Å². The standard InChI is InChI=1S/C18H23ClN4O/c1-12-17(13(2)22(3)21-12)20-18(24)23-9-7-14(8-10-23)15-5-4-6-16(19)11-15/h4-6,11,14H,7-10H2,1-3H3,(H,20,24). The van der Waals surface area contributed by atoms with E-state index in [0.717, 1.165) is 48.0 Å². The van der Waals surface area contributed by atoms with Crippen LogP contribution in [0.15, 0.2) is 24.3 Å². The van der Waals surface area contributed by atoms with E-state index < -0.39 is 0 Å². The van der Waals surface area contributed by atoms with Crippen molar-refractivity contribution in [2.24, 2.45) is 7.05 Å². The summed E-state index contributed by atoms with van der Waals surface area (Å²) in [7, 11) is 1.88. The molecule has 0 aliphatic carbocycles. The first kappa shape index (κ1) is 16.8. The minimum Gasteiger partial charge on any atom is -0.324 e. The maximum atomic E-state index is 12.5. The molecule has 0 unspecified atom stereocenters. The number of piperidine rings is 1. The molecule has 128 valence electrons. The fourth-order valence-corrected chi connectivity index (χ4v) is 3.52. The molecule has 0 bridgehead atoms. The van der Waals surface area contributed by atoms with Gasteiger partial charge in [-0.25, -0.2) is 4.79 Å². The number of hydrogen-bond donors (Lipinski definition) is 1. The number of nitrogens with zero attached hydrogens (tertiary/aromatic N) is 3. The SMILES string of the molecule is Cc1nn(C)c(C)c1NC(=O)N1CCC(c2cccc(Cl)c2)CC1. The summed E-state index contributed by atoms with van der Waals surface area (Å²) < 4.78 is 1.79. The van der Waals surface area contributed by atoms with Crippen molar-refractivity contribution in [1.29, 1.82) is 0 Å². The summed E-state index contributed by atoms with van der Waals surface area (Å²) in [6, 6.07) is 7.99. The van der Waals surface area contributed by atoms with E-state index >= 15 is 0 Å². The highest BCUT2D eigenvalue weighted by atomic mass is 35.5. The number of aryl methyl sites for hydroxylation is 2. The molecule has 3 rings (SSSR count). The molecular formula is C18H23ClN4O. The van der Waals surface area contributed by atoms with Crippen LogP contribution in [0.4, 0.5) is 10.5 Å². The molecule has 1 aliphatic rings. The first-order valence-electron chi connectivity index (χ1n) is 8.27. The number of halogens is 1. The molecule has 1 aliphatic heterocycles. The van der Waals surface area contributed by atoms with Gasteiger partial charge >= 0.3 is 6.03 Å². The maximum absolute atomic E-state index is 12.5. The summed E-state index contributed by atoms with van der Waals surface area (Å²) in [6.45, 7) is 5.37. The highest BCUT2D eigenvalue weighted by molar-refractivity contribution is 6.30. The fraction of sp³-hybridized carbons (Fsp3) is 0.444. The van der Waals surface area contributed by atoms with Crippen molar-refractivity contribution in [2.75, 3.05) is 18.4 Å². The Morgan fingerprint density at radius 1 is 1.29 bits per heavy atom. The molecule has 2 amide bonds. The number of carbonyl (C=O) groups is 1. The smallest absolute Gasteiger partial charge is 0.321 e. The summed E-state index contributed by atoms with van der Waals surface area (Å²) in [6.07, 6.45) is 1.91. The van der Waals surface area contributed by atoms with Gasteiger partial charge in [-0.2, -0.15) is 5.10 Å². The van der Waals surface area contributed by atoms with Crippen molar-refractivity contribution in [2.45, 2.75) is 32.6 Å². The zero-order chi connectivity index (χ0) is 17.3. The van der Waals surface area contributed by atoms with Gasteiger partial charge in [0.05, 0.1) is 17.1 Å². The number of rotatable bonds is 2. The highest BCUT2D eigenvalue weighted by Crippen LogP contribution is 2.30. The summed E-state index contributed by atoms with van der Waals surface area (Å²) in [5.74, 6) is 0.467. The Morgan fingerprint density at radius 3 is 2.58 bits per heavy atom. The van der Waals surface area contributed by atoms with Crippen LogP contribution < -0.4 is 5.32 Å². The highest BCUT2D eigenvalue weighted by Gasteiger charge is 2.25. The number of aromatic nitrogens is 2. The molecule has 1 aromatic carbocycles. The largest absolute Gasteiger partial charge is 0.324 e. The quantitative estimate of drug-likeness (QED) is 0.889. The van der Waals surface area contributed by atoms with Gasteiger partial charge in [0.1, 0.15) is 0 Å². The van der Waals surface area contributed by atoms with E-state index in [9.17, 15) is 4.79 Å². The monoisotopic (exact) mass is 346 g/mol. The van der Waals surface area contributed by atoms with Crippen LogP contribution in [0, 0.1) is 13.8 Å². The van der Waals surface area contributed by atoms with E-state index in [1.807, 2.05) is 44.0 Å². The maximum Gasteiger partial charge on any atom is 0.321 e. The summed E-state index contributed by atoms with van der Waals surface area (Å²) in [4.78, 5) is 14.4. The van der Waals surface area contributed by atoms with E-state index in [-0.39, 0.29) is 6.03 Å². The molecule has 1 saturated heterocycles. The lowest BCUT2D eigenvalue weighted by molar-refractivity contribution is 0.194. The molecule has 6 heteroatoms. The minimum absolute atomic E-state index is 0.0428. The Balaban J connectivity index is 1.61. The van der Waals surface area contributed by atoms with Crippen LogP contribution in [-0.2, 0) is 7.05 Å². The first-order valence-corrected chi connectivity index (χ1v) is 8.65. The van der Waals surface area contributed by atoms with E-state index in [1.165, 1.54) is 5.56 Å². The number of benzene rings is 1. The zero-order valence-electron chi connectivity index (χ0n) is 14.3. The summed E-state index contributed by atoms with van der Waals surface area (Å²) >= 11 is 6.08. The predicted octanol–water partition coefficient (Wildman–Crippen LogP) is 4.10. The van der Waals surface area contributed by atoms with Gasteiger partial charge in [0.25, 0.3) is 0 Å². The van der Waals surface area contributed by atoms with Crippen LogP contribution in [0.5, 0.6) is 0 Å². The summed E-state index contributed by atoms with van der Waals surface area (Å²) in [5.41, 5.74) is 3.90. The number of amides is 2. The number of likely N-dealkylation sites (tertiary alicyclic amines) is 1. The fourth-order valence-electron chi connectivity index (χ4n) is 3.32. The van der Waals surface area contributed by atoms with Gasteiger partial charge in [0.15, 0.2) is 0 Å². The van der Waals surface area contributed by atoms with Gasteiger partial charge in [0.2, 0.25) is 0 Å². The minimum atomic E-state index is -0.0428. The number of urea groups is 1. The Hall–Kier alpha value is -2.01. The number of hydrogen-bond acceptors (Lipinski definition) is 2. The molecule has 2 heterocycles. The second kappa shape index (κ2) is 6.85. The van der Waals surface area contributed by atoms with Gasteiger partial charge in [-0.15, -0.1) is 0 Å². The van der Waals surface area contributed by atoms with Crippen molar-refractivity contribution >= 4 is 23.3 Å². The normalized spacial score (nSPS) is 15.6. The molecule has 0 spiro atoms. The van der Waals surface area contributed by atoms with Gasteiger partial charge < -0.3 is 10.2 Å². The van der Waals surface area contributed by atoms with E-state index in [0.29, 0.717) is 5.92 Å². The van der Waals surface area contributed by atoms with E-state index in [2.05, 4.69) is 16.5 Å². The zero-order valence-corrected chi connectivity index (χ0v) is 15.1. The van der Waals surface area contributed by atoms with Gasteiger partial charge in [-0.1, -0.05) is 23.7 Å². The van der Waals surface area contributed by atoms with Crippen LogP contribution in [0.25, 0.3) is 0 Å². The Kier molecular flexibility index (Phi) is 4.81. The Bertz CT molecular complexity index is 747. The van der Waals surface area contributed by atoms with E-state index in [1.54, 1.807) is 4.68 Å². The van der Waals surface area contributed by atoms with Crippen molar-refractivity contribution in [3.63, 3.8) is 0 Å². The van der Waals surface area contributed by atoms with Crippen LogP contribution >= 0.6 is 11.6 Å².